The zero-order valence-electron chi connectivity index (χ0n) is 16.6. The van der Waals surface area contributed by atoms with Gasteiger partial charge in [-0.15, -0.1) is 0 Å². The molecule has 0 amide bonds. The van der Waals surface area contributed by atoms with E-state index in [0.29, 0.717) is 28.4 Å². The number of anilines is 2. The second-order valence-electron chi connectivity index (χ2n) is 7.28. The number of hydrogen-bond acceptors (Lipinski definition) is 8. The van der Waals surface area contributed by atoms with Crippen LogP contribution in [0.5, 0.6) is 5.75 Å². The van der Waals surface area contributed by atoms with Crippen molar-refractivity contribution in [3.8, 4) is 28.6 Å². The largest absolute Gasteiger partial charge is 0.733 e. The predicted octanol–water partition coefficient (Wildman–Crippen LogP) is 4.48. The van der Waals surface area contributed by atoms with Crippen LogP contribution in [0.15, 0.2) is 47.0 Å². The van der Waals surface area contributed by atoms with Crippen LogP contribution in [0.2, 0.25) is 0 Å². The molecule has 0 aliphatic carbocycles. The molecule has 4 rings (SSSR count). The SMILES string of the molecule is COc1ccccc1-c1noc(-c2ccc(N3C(C)CCC3C)c(N([O-])O)c2)n1. The van der Waals surface area contributed by atoms with Crippen LogP contribution in [0.25, 0.3) is 22.8 Å². The lowest BCUT2D eigenvalue weighted by atomic mass is 10.1. The Balaban J connectivity index is 1.72. The highest BCUT2D eigenvalue weighted by atomic mass is 16.8. The minimum absolute atomic E-state index is 0.103. The van der Waals surface area contributed by atoms with Crippen LogP contribution in [0.4, 0.5) is 11.4 Å². The zero-order chi connectivity index (χ0) is 20.5. The van der Waals surface area contributed by atoms with Crippen molar-refractivity contribution in [2.24, 2.45) is 0 Å². The molecular weight excluding hydrogens is 372 g/mol. The van der Waals surface area contributed by atoms with E-state index in [-0.39, 0.29) is 28.9 Å². The smallest absolute Gasteiger partial charge is 0.258 e. The Kier molecular flexibility index (Phi) is 5.12. The normalized spacial score (nSPS) is 18.9. The second-order valence-corrected chi connectivity index (χ2v) is 7.28. The average molecular weight is 395 g/mol. The molecule has 2 unspecified atom stereocenters. The molecule has 29 heavy (non-hydrogen) atoms. The third-order valence-corrected chi connectivity index (χ3v) is 5.43. The second kappa shape index (κ2) is 7.73. The van der Waals surface area contributed by atoms with E-state index in [0.717, 1.165) is 12.8 Å². The van der Waals surface area contributed by atoms with Crippen LogP contribution in [0, 0.1) is 5.21 Å². The molecule has 1 aromatic heterocycles. The Bertz CT molecular complexity index is 994. The van der Waals surface area contributed by atoms with Crippen LogP contribution < -0.4 is 14.9 Å². The number of hydrogen-bond donors (Lipinski definition) is 1. The number of aromatic nitrogens is 2. The first-order chi connectivity index (χ1) is 14.0. The van der Waals surface area contributed by atoms with Gasteiger partial charge in [0.2, 0.25) is 5.82 Å². The van der Waals surface area contributed by atoms with Gasteiger partial charge in [-0.25, -0.2) is 0 Å². The third kappa shape index (κ3) is 3.52. The van der Waals surface area contributed by atoms with Crippen LogP contribution in [-0.4, -0.2) is 34.5 Å². The van der Waals surface area contributed by atoms with Gasteiger partial charge in [-0.2, -0.15) is 4.98 Å². The summed E-state index contributed by atoms with van der Waals surface area (Å²) >= 11 is 0. The molecule has 3 aromatic rings. The van der Waals surface area contributed by atoms with E-state index >= 15 is 0 Å². The predicted molar refractivity (Wildman–Crippen MR) is 110 cm³/mol. The molecule has 152 valence electrons. The van der Waals surface area contributed by atoms with Crippen molar-refractivity contribution in [1.29, 1.82) is 0 Å². The Morgan fingerprint density at radius 1 is 1.17 bits per heavy atom. The maximum atomic E-state index is 11.9. The summed E-state index contributed by atoms with van der Waals surface area (Å²) in [6.45, 7) is 4.23. The summed E-state index contributed by atoms with van der Waals surface area (Å²) < 4.78 is 10.8. The van der Waals surface area contributed by atoms with Crippen LogP contribution in [-0.2, 0) is 0 Å². The van der Waals surface area contributed by atoms with Gasteiger partial charge in [0, 0.05) is 17.6 Å². The molecule has 1 N–H and O–H groups in total. The highest BCUT2D eigenvalue weighted by molar-refractivity contribution is 5.77. The van der Waals surface area contributed by atoms with Gasteiger partial charge in [-0.05, 0) is 57.0 Å². The summed E-state index contributed by atoms with van der Waals surface area (Å²) in [7, 11) is 1.58. The fourth-order valence-corrected chi connectivity index (χ4v) is 3.98. The van der Waals surface area contributed by atoms with E-state index in [1.54, 1.807) is 13.2 Å². The first-order valence-electron chi connectivity index (χ1n) is 9.55. The van der Waals surface area contributed by atoms with Gasteiger partial charge in [-0.3, -0.25) is 5.21 Å². The zero-order valence-corrected chi connectivity index (χ0v) is 16.6. The molecule has 1 saturated heterocycles. The average Bonchev–Trinajstić information content (AvgIpc) is 3.34. The Morgan fingerprint density at radius 2 is 1.90 bits per heavy atom. The summed E-state index contributed by atoms with van der Waals surface area (Å²) in [5, 5.41) is 25.6. The van der Waals surface area contributed by atoms with Crippen LogP contribution in [0.1, 0.15) is 26.7 Å². The van der Waals surface area contributed by atoms with E-state index in [9.17, 15) is 10.4 Å². The molecule has 0 spiro atoms. The molecule has 1 fully saturated rings. The molecule has 2 aromatic carbocycles. The molecule has 0 bridgehead atoms. The van der Waals surface area contributed by atoms with E-state index in [1.807, 2.05) is 36.4 Å². The first-order valence-corrected chi connectivity index (χ1v) is 9.55. The maximum Gasteiger partial charge on any atom is 0.258 e. The third-order valence-electron chi connectivity index (χ3n) is 5.43. The Morgan fingerprint density at radius 3 is 2.59 bits per heavy atom. The Labute approximate surface area is 168 Å². The molecule has 2 heterocycles. The molecule has 0 radical (unpaired) electrons. The van der Waals surface area contributed by atoms with E-state index in [1.165, 1.54) is 0 Å². The summed E-state index contributed by atoms with van der Waals surface area (Å²) in [4.78, 5) is 6.60. The quantitative estimate of drug-likeness (QED) is 0.631. The van der Waals surface area contributed by atoms with E-state index in [2.05, 4.69) is 28.9 Å². The van der Waals surface area contributed by atoms with Crippen molar-refractivity contribution in [2.75, 3.05) is 17.2 Å². The van der Waals surface area contributed by atoms with Gasteiger partial charge >= 0.3 is 0 Å². The summed E-state index contributed by atoms with van der Waals surface area (Å²) in [6, 6.07) is 13.2. The van der Waals surface area contributed by atoms with Crippen molar-refractivity contribution >= 4 is 11.4 Å². The fraction of sp³-hybridized carbons (Fsp3) is 0.333. The van der Waals surface area contributed by atoms with Crippen molar-refractivity contribution in [2.45, 2.75) is 38.8 Å². The van der Waals surface area contributed by atoms with Gasteiger partial charge in [0.15, 0.2) is 0 Å². The van der Waals surface area contributed by atoms with Crippen molar-refractivity contribution < 1.29 is 14.5 Å². The number of benzene rings is 2. The topological polar surface area (TPSA) is 97.9 Å². The molecule has 1 aliphatic heterocycles. The lowest BCUT2D eigenvalue weighted by molar-refractivity contribution is 0.296. The van der Waals surface area contributed by atoms with Crippen molar-refractivity contribution in [3.63, 3.8) is 0 Å². The Hall–Kier alpha value is -3.10. The highest BCUT2D eigenvalue weighted by Gasteiger charge is 2.29. The van der Waals surface area contributed by atoms with Gasteiger partial charge < -0.3 is 24.6 Å². The maximum absolute atomic E-state index is 11.9. The lowest BCUT2D eigenvalue weighted by Crippen LogP contribution is -2.33. The van der Waals surface area contributed by atoms with Crippen molar-refractivity contribution in [1.82, 2.24) is 10.1 Å². The number of ether oxygens (including phenoxy) is 1. The number of rotatable bonds is 5. The van der Waals surface area contributed by atoms with Crippen LogP contribution in [0.3, 0.4) is 0 Å². The summed E-state index contributed by atoms with van der Waals surface area (Å²) in [5.74, 6) is 1.27. The molecular formula is C21H23N4O4-. The van der Waals surface area contributed by atoms with E-state index < -0.39 is 0 Å². The lowest BCUT2D eigenvalue weighted by Gasteiger charge is -2.34. The van der Waals surface area contributed by atoms with E-state index in [4.69, 9.17) is 9.26 Å². The summed E-state index contributed by atoms with van der Waals surface area (Å²) in [5.41, 5.74) is 2.09. The number of methoxy groups -OCH3 is 1. The number of nitrogens with zero attached hydrogens (tertiary/aromatic N) is 4. The molecule has 2 atom stereocenters. The molecule has 0 saturated carbocycles. The first kappa shape index (κ1) is 19.2. The van der Waals surface area contributed by atoms with Gasteiger partial charge in [-0.1, -0.05) is 17.3 Å². The highest BCUT2D eigenvalue weighted by Crippen LogP contribution is 2.39. The van der Waals surface area contributed by atoms with Gasteiger partial charge in [0.25, 0.3) is 5.89 Å². The fourth-order valence-electron chi connectivity index (χ4n) is 3.98. The number of para-hydroxylation sites is 1. The molecule has 8 nitrogen and oxygen atoms in total. The standard InChI is InChI=1S/C21H23N4O4/c1-13-8-9-14(2)24(13)17-11-10-15(12-18(17)25(26)27)21-22-20(23-29-21)16-6-4-5-7-19(16)28-3/h4-7,10-14,26H,8-9H2,1-3H3/q-1. The minimum atomic E-state index is -0.103. The monoisotopic (exact) mass is 395 g/mol. The minimum Gasteiger partial charge on any atom is -0.733 e. The van der Waals surface area contributed by atoms with Crippen LogP contribution >= 0.6 is 0 Å². The van der Waals surface area contributed by atoms with Gasteiger partial charge in [0.05, 0.1) is 24.0 Å². The van der Waals surface area contributed by atoms with Crippen molar-refractivity contribution in [3.05, 3.63) is 47.7 Å². The van der Waals surface area contributed by atoms with Gasteiger partial charge in [0.1, 0.15) is 5.75 Å². The molecule has 8 heteroatoms. The summed E-state index contributed by atoms with van der Waals surface area (Å²) in [6.07, 6.45) is 2.08. The molecule has 1 aliphatic rings.